The molecule has 1 amide bonds. The Morgan fingerprint density at radius 2 is 1.77 bits per heavy atom. The van der Waals surface area contributed by atoms with Gasteiger partial charge in [-0.1, -0.05) is 11.6 Å². The zero-order chi connectivity index (χ0) is 41.2. The van der Waals surface area contributed by atoms with E-state index in [2.05, 4.69) is 19.9 Å². The molecule has 1 unspecified atom stereocenters. The fourth-order valence-electron chi connectivity index (χ4n) is 8.08. The summed E-state index contributed by atoms with van der Waals surface area (Å²) in [5.41, 5.74) is 1.72. The molecule has 2 aliphatic rings. The average Bonchev–Trinajstić information content (AvgIpc) is 3.63. The molecule has 2 aliphatic carbocycles. The molecule has 3 heterocycles. The van der Waals surface area contributed by atoms with Crippen LogP contribution in [0.2, 0.25) is 5.02 Å². The summed E-state index contributed by atoms with van der Waals surface area (Å²) >= 11 is 6.56. The van der Waals surface area contributed by atoms with Gasteiger partial charge in [0.25, 0.3) is 17.9 Å². The largest absolute Gasteiger partial charge is 0.368 e. The topological polar surface area (TPSA) is 160 Å². The van der Waals surface area contributed by atoms with Crippen LogP contribution in [-0.4, -0.2) is 49.7 Å². The zero-order valence-corrected chi connectivity index (χ0v) is 31.2. The van der Waals surface area contributed by atoms with Gasteiger partial charge >= 0.3 is 0 Å². The maximum absolute atomic E-state index is 16.1. The molecule has 4 atom stereocenters. The molecule has 12 nitrogen and oxygen atoms in total. The number of benzene rings is 3. The maximum Gasteiger partial charge on any atom is 0.293 e. The molecule has 8 rings (SSSR count). The number of carbonyl (C=O) groups is 1. The van der Waals surface area contributed by atoms with Gasteiger partial charge in [0.15, 0.2) is 5.82 Å². The number of amides is 1. The molecule has 0 spiro atoms. The minimum atomic E-state index is -3.97. The van der Waals surface area contributed by atoms with E-state index < -0.39 is 104 Å². The van der Waals surface area contributed by atoms with Gasteiger partial charge in [0.1, 0.15) is 40.7 Å². The number of halogens is 8. The first-order valence-corrected chi connectivity index (χ1v) is 19.3. The number of hydrogen-bond acceptors (Lipinski definition) is 7. The Kier molecular flexibility index (Phi) is 8.76. The van der Waals surface area contributed by atoms with E-state index in [1.165, 1.54) is 26.1 Å². The second-order valence-electron chi connectivity index (χ2n) is 14.2. The van der Waals surface area contributed by atoms with Crippen molar-refractivity contribution >= 4 is 55.2 Å². The van der Waals surface area contributed by atoms with Crippen molar-refractivity contribution in [2.24, 2.45) is 18.7 Å². The number of aryl methyl sites for hydroxylation is 2. The lowest BCUT2D eigenvalue weighted by Crippen LogP contribution is -2.39. The van der Waals surface area contributed by atoms with Gasteiger partial charge in [-0.3, -0.25) is 23.6 Å². The quantitative estimate of drug-likeness (QED) is 0.151. The number of nitrogens with two attached hydrogens (primary N) is 1. The molecule has 1 fully saturated rings. The molecule has 3 N–H and O–H groups in total. The summed E-state index contributed by atoms with van der Waals surface area (Å²) in [5.74, 6) is -13.2. The van der Waals surface area contributed by atoms with E-state index in [9.17, 15) is 35.6 Å². The zero-order valence-electron chi connectivity index (χ0n) is 29.7. The molecule has 1 saturated carbocycles. The second-order valence-corrected chi connectivity index (χ2v) is 16.4. The minimum absolute atomic E-state index is 0.0188. The number of nitrogens with one attached hydrogen (secondary N) is 1. The van der Waals surface area contributed by atoms with E-state index in [-0.39, 0.29) is 55.9 Å². The summed E-state index contributed by atoms with van der Waals surface area (Å²) in [5, 5.41) is 7.79. The van der Waals surface area contributed by atoms with Gasteiger partial charge in [-0.15, -0.1) is 0 Å². The molecular formula is C36H28ClF7N8O4S. The highest BCUT2D eigenvalue weighted by Crippen LogP contribution is 2.68. The van der Waals surface area contributed by atoms with Crippen LogP contribution in [-0.2, 0) is 34.2 Å². The van der Waals surface area contributed by atoms with Crippen LogP contribution in [0, 0.1) is 30.3 Å². The van der Waals surface area contributed by atoms with Crippen molar-refractivity contribution in [2.75, 3.05) is 11.0 Å². The normalized spacial score (nSPS) is 18.2. The van der Waals surface area contributed by atoms with Crippen LogP contribution in [0.25, 0.3) is 27.5 Å². The molecule has 6 aromatic rings. The fourth-order valence-corrected chi connectivity index (χ4v) is 8.82. The third-order valence-electron chi connectivity index (χ3n) is 10.5. The van der Waals surface area contributed by atoms with Crippen molar-refractivity contribution in [3.05, 3.63) is 109 Å². The summed E-state index contributed by atoms with van der Waals surface area (Å²) in [6.45, 7) is 1.29. The highest BCUT2D eigenvalue weighted by molar-refractivity contribution is 7.92. The first-order chi connectivity index (χ1) is 26.7. The van der Waals surface area contributed by atoms with Crippen molar-refractivity contribution in [1.29, 1.82) is 0 Å². The Labute approximate surface area is 322 Å². The smallest absolute Gasteiger partial charge is 0.293 e. The molecule has 3 aromatic carbocycles. The Morgan fingerprint density at radius 1 is 1.09 bits per heavy atom. The predicted molar refractivity (Wildman–Crippen MR) is 193 cm³/mol. The minimum Gasteiger partial charge on any atom is -0.368 e. The molecule has 0 bridgehead atoms. The van der Waals surface area contributed by atoms with E-state index >= 15 is 13.2 Å². The Balaban J connectivity index is 1.51. The van der Waals surface area contributed by atoms with Gasteiger partial charge in [0.05, 0.1) is 44.7 Å². The van der Waals surface area contributed by atoms with E-state index in [1.807, 2.05) is 0 Å². The van der Waals surface area contributed by atoms with Crippen LogP contribution in [0.4, 0.5) is 36.6 Å². The molecule has 21 heteroatoms. The lowest BCUT2D eigenvalue weighted by Gasteiger charge is -2.30. The molecule has 0 aliphatic heterocycles. The number of rotatable bonds is 10. The van der Waals surface area contributed by atoms with Crippen LogP contribution < -0.4 is 16.0 Å². The van der Waals surface area contributed by atoms with Crippen molar-refractivity contribution < 1.29 is 43.9 Å². The van der Waals surface area contributed by atoms with Gasteiger partial charge < -0.3 is 5.73 Å². The van der Waals surface area contributed by atoms with Crippen molar-refractivity contribution in [2.45, 2.75) is 50.0 Å². The Morgan fingerprint density at radius 3 is 2.40 bits per heavy atom. The summed E-state index contributed by atoms with van der Waals surface area (Å²) < 4.78 is 135. The van der Waals surface area contributed by atoms with Crippen LogP contribution in [0.3, 0.4) is 0 Å². The third kappa shape index (κ3) is 6.10. The summed E-state index contributed by atoms with van der Waals surface area (Å²) in [6.07, 6.45) is -3.36. The lowest BCUT2D eigenvalue weighted by atomic mass is 9.89. The van der Waals surface area contributed by atoms with Crippen LogP contribution >= 0.6 is 11.6 Å². The highest BCUT2D eigenvalue weighted by atomic mass is 35.5. The van der Waals surface area contributed by atoms with E-state index in [0.717, 1.165) is 39.8 Å². The van der Waals surface area contributed by atoms with Crippen molar-refractivity contribution in [3.63, 3.8) is 0 Å². The number of alkyl halides is 4. The first-order valence-electron chi connectivity index (χ1n) is 17.1. The summed E-state index contributed by atoms with van der Waals surface area (Å²) in [4.78, 5) is 33.3. The fraction of sp³-hybridized carbons (Fsp3) is 0.306. The Bertz CT molecular complexity index is 2880. The first kappa shape index (κ1) is 38.4. The van der Waals surface area contributed by atoms with Crippen molar-refractivity contribution in [3.8, 4) is 5.69 Å². The van der Waals surface area contributed by atoms with Crippen molar-refractivity contribution in [1.82, 2.24) is 29.1 Å². The number of sulfonamides is 1. The van der Waals surface area contributed by atoms with E-state index in [4.69, 9.17) is 17.3 Å². The standard InChI is InChI=1S/C36H28ClF7N8O4S/c1-13-22(40)6-4-17-26(13)46-34(51(35(17)54)23-7-5-21(37)25-29(23)50(2)48-33(25)49-57(3,55)56)19(10-14-8-15(38)11-16(39)9-14)28(32(45)53)52-30-24(27(47-52)31(41)42)18-12-20(18)36(30,43)44/h4-9,11,18-20,28,31H,10,12H2,1-3H3,(H2,45,53)(H,48,49)/t18-,19-,20+,28?/m0/s1. The van der Waals surface area contributed by atoms with Gasteiger partial charge in [-0.2, -0.15) is 19.0 Å². The lowest BCUT2D eigenvalue weighted by molar-refractivity contribution is -0.122. The molecular weight excluding hydrogens is 809 g/mol. The number of nitrogens with zero attached hydrogens (tertiary/aromatic N) is 6. The molecule has 0 saturated heterocycles. The molecule has 3 aromatic heterocycles. The Hall–Kier alpha value is -5.50. The SMILES string of the molecule is Cc1c(F)ccc2c(=O)n(-c3ccc(Cl)c4c(NS(C)(=O)=O)nn(C)c34)c([C@@H](Cc3cc(F)cc(F)c3)C(C(N)=O)n3nc(C(F)F)c4c3C(F)(F)[C@@H]3C[C@H]43)nc12. The number of hydrogen-bond donors (Lipinski definition) is 2. The van der Waals surface area contributed by atoms with Crippen LogP contribution in [0.1, 0.15) is 64.6 Å². The number of primary amides is 1. The summed E-state index contributed by atoms with van der Waals surface area (Å²) in [7, 11) is -2.59. The van der Waals surface area contributed by atoms with Crippen LogP contribution in [0.5, 0.6) is 0 Å². The van der Waals surface area contributed by atoms with E-state index in [1.54, 1.807) is 0 Å². The van der Waals surface area contributed by atoms with Gasteiger partial charge in [-0.05, 0) is 67.6 Å². The predicted octanol–water partition coefficient (Wildman–Crippen LogP) is 6.42. The van der Waals surface area contributed by atoms with Gasteiger partial charge in [0.2, 0.25) is 15.9 Å². The average molecular weight is 837 g/mol. The maximum atomic E-state index is 16.1. The highest BCUT2D eigenvalue weighted by Gasteiger charge is 2.67. The third-order valence-corrected chi connectivity index (χ3v) is 11.3. The molecule has 298 valence electrons. The number of fused-ring (bicyclic) bond motifs is 5. The number of anilines is 1. The van der Waals surface area contributed by atoms with Gasteiger partial charge in [-0.25, -0.2) is 40.0 Å². The molecule has 57 heavy (non-hydrogen) atoms. The second kappa shape index (κ2) is 13.0. The summed E-state index contributed by atoms with van der Waals surface area (Å²) in [6, 6.07) is 4.72. The number of carbonyl (C=O) groups excluding carboxylic acids is 1. The monoisotopic (exact) mass is 836 g/mol. The van der Waals surface area contributed by atoms with Gasteiger partial charge in [0, 0.05) is 30.2 Å². The van der Waals surface area contributed by atoms with Crippen LogP contribution in [0.15, 0.2) is 47.3 Å². The van der Waals surface area contributed by atoms with E-state index in [0.29, 0.717) is 10.7 Å². The number of aromatic nitrogens is 6. The molecule has 0 radical (unpaired) electrons.